The van der Waals surface area contributed by atoms with Gasteiger partial charge in [-0.3, -0.25) is 4.79 Å². The number of carbonyl (C=O) groups excluding carboxylic acids is 1. The van der Waals surface area contributed by atoms with Crippen molar-refractivity contribution in [3.63, 3.8) is 0 Å². The van der Waals surface area contributed by atoms with Gasteiger partial charge in [0.25, 0.3) is 0 Å². The highest BCUT2D eigenvalue weighted by Gasteiger charge is 2.51. The Morgan fingerprint density at radius 1 is 0.440 bits per heavy atom. The molecule has 2 aliphatic rings. The Balaban J connectivity index is 1.72. The first-order valence-electron chi connectivity index (χ1n) is 32.4. The standard InChI is InChI=1S/C70H115NO13/c1-3-5-7-9-11-13-15-17-19-21-22-23-24-25-26-27-28-29-30-31-32-33-34-35-36-38-40-42-44-46-48-50-52-54-62(75)71-58(59(74)53-51-49-47-45-43-41-39-37-20-18-16-14-12-10-8-6-4-2)57-81-69-67(80)65(78)68(61(56-73)83-69)84-70-66(79)64(77)63(76)60(55-72)82-70/h5,7,11,13,17,19-20,22-23,25-26,28-29,31-32,34-35,37,43,45,51,53,58-61,63-70,72-74,76-80H,3-4,6,8-10,12,14-16,18,21,24,27,30,33,36,38-42,44,46-50,52,54-57H2,1-2H3,(H,71,75)/b7-5-,13-11-,19-17-,23-22-,26-25-,29-28-,32-31-,35-34-,37-20+,45-43+,53-51+. The summed E-state index contributed by atoms with van der Waals surface area (Å²) < 4.78 is 22.8. The van der Waals surface area contributed by atoms with Crippen LogP contribution in [-0.4, -0.2) is 140 Å². The molecule has 0 radical (unpaired) electrons. The normalized spacial score (nSPS) is 24.6. The van der Waals surface area contributed by atoms with Crippen molar-refractivity contribution >= 4 is 5.91 Å². The second-order valence-electron chi connectivity index (χ2n) is 22.1. The van der Waals surface area contributed by atoms with Crippen molar-refractivity contribution in [2.75, 3.05) is 19.8 Å². The molecule has 2 rings (SSSR count). The zero-order valence-electron chi connectivity index (χ0n) is 51.6. The summed E-state index contributed by atoms with van der Waals surface area (Å²) in [5.41, 5.74) is 0. The van der Waals surface area contributed by atoms with E-state index in [0.29, 0.717) is 12.8 Å². The fraction of sp³-hybridized carbons (Fsp3) is 0.671. The SMILES string of the molecule is CC/C=C\C/C=C\C/C=C\C/C=C\C/C=C\C/C=C\C/C=C\C/C=C\CCCCCCCCCCC(=O)NC(COC1OC(CO)C(OC2OC(CO)C(O)C(O)C2O)C(O)C1O)C(O)/C=C/CC/C=C/CC/C=C/CCCCCCCCC. The molecule has 14 nitrogen and oxygen atoms in total. The molecule has 2 fully saturated rings. The van der Waals surface area contributed by atoms with E-state index in [0.717, 1.165) is 109 Å². The van der Waals surface area contributed by atoms with Gasteiger partial charge in [-0.05, 0) is 109 Å². The van der Waals surface area contributed by atoms with E-state index in [1.54, 1.807) is 6.08 Å². The third-order valence-corrected chi connectivity index (χ3v) is 14.8. The Morgan fingerprint density at radius 2 is 0.833 bits per heavy atom. The van der Waals surface area contributed by atoms with Gasteiger partial charge in [0.1, 0.15) is 48.8 Å². The van der Waals surface area contributed by atoms with Gasteiger partial charge in [-0.2, -0.15) is 0 Å². The molecule has 0 aromatic heterocycles. The average molecular weight is 1180 g/mol. The Kier molecular flexibility index (Phi) is 48.4. The Morgan fingerprint density at radius 3 is 1.31 bits per heavy atom. The fourth-order valence-corrected chi connectivity index (χ4v) is 9.63. The second kappa shape index (κ2) is 53.4. The van der Waals surface area contributed by atoms with Crippen LogP contribution in [0, 0.1) is 0 Å². The van der Waals surface area contributed by atoms with Crippen molar-refractivity contribution in [3.05, 3.63) is 134 Å². The lowest BCUT2D eigenvalue weighted by Gasteiger charge is -2.46. The van der Waals surface area contributed by atoms with Gasteiger partial charge in [0.05, 0.1) is 32.0 Å². The molecule has 0 saturated carbocycles. The van der Waals surface area contributed by atoms with Crippen LogP contribution >= 0.6 is 0 Å². The van der Waals surface area contributed by atoms with E-state index in [9.17, 15) is 45.6 Å². The molecule has 0 aromatic carbocycles. The molecule has 478 valence electrons. The van der Waals surface area contributed by atoms with Crippen LogP contribution in [0.3, 0.4) is 0 Å². The number of aliphatic hydroxyl groups is 8. The molecule has 2 heterocycles. The maximum absolute atomic E-state index is 13.3. The minimum Gasteiger partial charge on any atom is -0.394 e. The smallest absolute Gasteiger partial charge is 0.220 e. The van der Waals surface area contributed by atoms with Crippen molar-refractivity contribution in [3.8, 4) is 0 Å². The van der Waals surface area contributed by atoms with Crippen molar-refractivity contribution in [2.24, 2.45) is 0 Å². The summed E-state index contributed by atoms with van der Waals surface area (Å²) in [4.78, 5) is 13.3. The summed E-state index contributed by atoms with van der Waals surface area (Å²) in [6, 6.07) is -0.953. The molecule has 12 atom stereocenters. The number of hydrogen-bond donors (Lipinski definition) is 9. The lowest BCUT2D eigenvalue weighted by Crippen LogP contribution is -2.65. The highest BCUT2D eigenvalue weighted by atomic mass is 16.7. The first-order chi connectivity index (χ1) is 41.1. The van der Waals surface area contributed by atoms with E-state index in [1.807, 2.05) is 6.08 Å². The number of hydrogen-bond acceptors (Lipinski definition) is 13. The third-order valence-electron chi connectivity index (χ3n) is 14.8. The molecule has 9 N–H and O–H groups in total. The molecular formula is C70H115NO13. The third kappa shape index (κ3) is 37.6. The van der Waals surface area contributed by atoms with E-state index in [-0.39, 0.29) is 18.9 Å². The monoisotopic (exact) mass is 1180 g/mol. The van der Waals surface area contributed by atoms with E-state index in [1.165, 1.54) is 64.2 Å². The molecule has 2 aliphatic heterocycles. The molecule has 14 heteroatoms. The first-order valence-corrected chi connectivity index (χ1v) is 32.4. The lowest BCUT2D eigenvalue weighted by molar-refractivity contribution is -0.359. The summed E-state index contributed by atoms with van der Waals surface area (Å²) >= 11 is 0. The molecule has 0 spiro atoms. The van der Waals surface area contributed by atoms with Crippen molar-refractivity contribution in [1.29, 1.82) is 0 Å². The molecule has 0 aliphatic carbocycles. The topological polar surface area (TPSA) is 228 Å². The van der Waals surface area contributed by atoms with Crippen LogP contribution in [0.5, 0.6) is 0 Å². The maximum Gasteiger partial charge on any atom is 0.220 e. The molecule has 12 unspecified atom stereocenters. The van der Waals surface area contributed by atoms with Crippen LogP contribution < -0.4 is 5.32 Å². The number of unbranched alkanes of at least 4 members (excludes halogenated alkanes) is 17. The van der Waals surface area contributed by atoms with Crippen LogP contribution in [0.25, 0.3) is 0 Å². The van der Waals surface area contributed by atoms with E-state index in [2.05, 4.69) is 141 Å². The quantitative estimate of drug-likeness (QED) is 0.0204. The van der Waals surface area contributed by atoms with E-state index < -0.39 is 86.8 Å². The zero-order valence-corrected chi connectivity index (χ0v) is 51.6. The molecule has 0 aromatic rings. The summed E-state index contributed by atoms with van der Waals surface area (Å²) in [6.45, 7) is 2.63. The lowest BCUT2D eigenvalue weighted by atomic mass is 9.97. The molecule has 84 heavy (non-hydrogen) atoms. The number of nitrogens with one attached hydrogen (secondary N) is 1. The number of ether oxygens (including phenoxy) is 4. The average Bonchev–Trinajstić information content (AvgIpc) is 3.17. The van der Waals surface area contributed by atoms with Gasteiger partial charge in [-0.25, -0.2) is 0 Å². The Hall–Kier alpha value is -3.87. The highest BCUT2D eigenvalue weighted by Crippen LogP contribution is 2.30. The maximum atomic E-state index is 13.3. The van der Waals surface area contributed by atoms with Gasteiger partial charge < -0.3 is 65.1 Å². The summed E-state index contributed by atoms with van der Waals surface area (Å²) in [6.07, 6.45) is 62.0. The van der Waals surface area contributed by atoms with Crippen LogP contribution in [0.4, 0.5) is 0 Å². The minimum atomic E-state index is -1.80. The molecule has 0 bridgehead atoms. The van der Waals surface area contributed by atoms with E-state index >= 15 is 0 Å². The van der Waals surface area contributed by atoms with Crippen LogP contribution in [0.2, 0.25) is 0 Å². The van der Waals surface area contributed by atoms with Crippen LogP contribution in [-0.2, 0) is 23.7 Å². The molecule has 1 amide bonds. The summed E-state index contributed by atoms with van der Waals surface area (Å²) in [5.74, 6) is -0.268. The predicted molar refractivity (Wildman–Crippen MR) is 341 cm³/mol. The minimum absolute atomic E-state index is 0.251. The van der Waals surface area contributed by atoms with Crippen molar-refractivity contribution in [1.82, 2.24) is 5.32 Å². The van der Waals surface area contributed by atoms with E-state index in [4.69, 9.17) is 18.9 Å². The number of carbonyl (C=O) groups is 1. The number of amides is 1. The van der Waals surface area contributed by atoms with Gasteiger partial charge in [-0.1, -0.05) is 225 Å². The molecule has 2 saturated heterocycles. The predicted octanol–water partition coefficient (Wildman–Crippen LogP) is 12.3. The number of aliphatic hydroxyl groups excluding tert-OH is 8. The first kappa shape index (κ1) is 76.2. The van der Waals surface area contributed by atoms with Gasteiger partial charge in [0, 0.05) is 6.42 Å². The van der Waals surface area contributed by atoms with Crippen LogP contribution in [0.1, 0.15) is 206 Å². The Labute approximate surface area is 507 Å². The number of allylic oxidation sites excluding steroid dienone is 21. The number of rotatable bonds is 50. The van der Waals surface area contributed by atoms with Crippen LogP contribution in [0.15, 0.2) is 134 Å². The van der Waals surface area contributed by atoms with Crippen molar-refractivity contribution in [2.45, 2.75) is 280 Å². The fourth-order valence-electron chi connectivity index (χ4n) is 9.63. The van der Waals surface area contributed by atoms with Gasteiger partial charge in [0.15, 0.2) is 12.6 Å². The zero-order chi connectivity index (χ0) is 60.9. The van der Waals surface area contributed by atoms with Crippen molar-refractivity contribution < 1.29 is 64.6 Å². The van der Waals surface area contributed by atoms with Gasteiger partial charge >= 0.3 is 0 Å². The largest absolute Gasteiger partial charge is 0.394 e. The summed E-state index contributed by atoms with van der Waals surface area (Å²) in [7, 11) is 0. The van der Waals surface area contributed by atoms with Gasteiger partial charge in [-0.15, -0.1) is 0 Å². The second-order valence-corrected chi connectivity index (χ2v) is 22.1. The molecular weight excluding hydrogens is 1060 g/mol. The summed E-state index contributed by atoms with van der Waals surface area (Å²) in [5, 5.41) is 87.2. The highest BCUT2D eigenvalue weighted by molar-refractivity contribution is 5.76. The van der Waals surface area contributed by atoms with Gasteiger partial charge in [0.2, 0.25) is 5.91 Å². The Bertz CT molecular complexity index is 1920.